The van der Waals surface area contributed by atoms with Crippen LogP contribution in [-0.4, -0.2) is 22.5 Å². The van der Waals surface area contributed by atoms with Gasteiger partial charge in [-0.25, -0.2) is 0 Å². The summed E-state index contributed by atoms with van der Waals surface area (Å²) in [6.07, 6.45) is 17.0. The lowest BCUT2D eigenvalue weighted by Crippen LogP contribution is -2.60. The molecule has 0 N–H and O–H groups in total. The van der Waals surface area contributed by atoms with Gasteiger partial charge in [0.25, 0.3) is 0 Å². The molecule has 2 fully saturated rings. The van der Waals surface area contributed by atoms with Crippen LogP contribution in [0, 0.1) is 11.8 Å². The van der Waals surface area contributed by atoms with Crippen molar-refractivity contribution < 1.29 is 0 Å². The van der Waals surface area contributed by atoms with Crippen LogP contribution in [0.15, 0.2) is 36.9 Å². The van der Waals surface area contributed by atoms with Crippen LogP contribution in [0.2, 0.25) is 0 Å². The summed E-state index contributed by atoms with van der Waals surface area (Å²) in [6.45, 7) is 17.2. The fraction of sp³-hybridized carbons (Fsp3) is 0.733. The minimum absolute atomic E-state index is 0.227. The number of likely N-dealkylation sites (tertiary alicyclic amines) is 1. The maximum Gasteiger partial charge on any atom is 0.0164 e. The second-order valence-corrected chi connectivity index (χ2v) is 11.9. The fourth-order valence-corrected chi connectivity index (χ4v) is 6.92. The van der Waals surface area contributed by atoms with Crippen molar-refractivity contribution in [2.24, 2.45) is 11.8 Å². The summed E-state index contributed by atoms with van der Waals surface area (Å²) in [5.74, 6) is 2.65. The van der Waals surface area contributed by atoms with E-state index in [0.717, 1.165) is 24.8 Å². The molecule has 1 aromatic carbocycles. The van der Waals surface area contributed by atoms with Gasteiger partial charge in [-0.15, -0.1) is 6.58 Å². The molecule has 1 saturated heterocycles. The highest BCUT2D eigenvalue weighted by molar-refractivity contribution is 5.27. The van der Waals surface area contributed by atoms with Gasteiger partial charge < -0.3 is 0 Å². The number of rotatable bonds is 9. The molecule has 0 bridgehead atoms. The lowest BCUT2D eigenvalue weighted by atomic mass is 9.71. The van der Waals surface area contributed by atoms with E-state index < -0.39 is 0 Å². The van der Waals surface area contributed by atoms with Crippen molar-refractivity contribution in [1.29, 1.82) is 0 Å². The monoisotopic (exact) mass is 423 g/mol. The second kappa shape index (κ2) is 10.7. The normalized spacial score (nSPS) is 26.6. The first kappa shape index (κ1) is 24.6. The zero-order chi connectivity index (χ0) is 22.5. The first-order valence-electron chi connectivity index (χ1n) is 13.2. The Labute approximate surface area is 193 Å². The summed E-state index contributed by atoms with van der Waals surface area (Å²) < 4.78 is 0. The molecule has 3 rings (SSSR count). The molecule has 1 aliphatic heterocycles. The van der Waals surface area contributed by atoms with Crippen molar-refractivity contribution in [1.82, 2.24) is 4.90 Å². The first-order chi connectivity index (χ1) is 14.7. The van der Waals surface area contributed by atoms with Crippen molar-refractivity contribution in [3.8, 4) is 0 Å². The molecule has 2 aliphatic rings. The highest BCUT2D eigenvalue weighted by Gasteiger charge is 2.44. The number of nitrogens with zero attached hydrogens (tertiary/aromatic N) is 1. The maximum absolute atomic E-state index is 3.94. The minimum Gasteiger partial charge on any atom is -0.293 e. The Balaban J connectivity index is 1.55. The Kier molecular flexibility index (Phi) is 8.47. The van der Waals surface area contributed by atoms with E-state index in [2.05, 4.69) is 76.4 Å². The number of hydrogen-bond donors (Lipinski definition) is 0. The zero-order valence-electron chi connectivity index (χ0n) is 21.3. The molecule has 0 unspecified atom stereocenters. The van der Waals surface area contributed by atoms with Gasteiger partial charge in [0.15, 0.2) is 0 Å². The molecule has 1 aromatic rings. The highest BCUT2D eigenvalue weighted by atomic mass is 15.3. The lowest BCUT2D eigenvalue weighted by Gasteiger charge is -2.55. The summed E-state index contributed by atoms with van der Waals surface area (Å²) in [5.41, 5.74) is 3.55. The molecule has 0 aromatic heterocycles. The Hall–Kier alpha value is -1.08. The van der Waals surface area contributed by atoms with Gasteiger partial charge in [0, 0.05) is 17.6 Å². The van der Waals surface area contributed by atoms with Crippen molar-refractivity contribution in [3.63, 3.8) is 0 Å². The molecule has 174 valence electrons. The topological polar surface area (TPSA) is 3.24 Å². The van der Waals surface area contributed by atoms with Gasteiger partial charge in [-0.05, 0) is 88.7 Å². The fourth-order valence-electron chi connectivity index (χ4n) is 6.92. The van der Waals surface area contributed by atoms with Crippen molar-refractivity contribution in [2.75, 3.05) is 6.54 Å². The smallest absolute Gasteiger partial charge is 0.0164 e. The molecule has 1 heteroatoms. The van der Waals surface area contributed by atoms with Gasteiger partial charge >= 0.3 is 0 Å². The summed E-state index contributed by atoms with van der Waals surface area (Å²) in [7, 11) is 0. The molecule has 1 saturated carbocycles. The van der Waals surface area contributed by atoms with E-state index in [4.69, 9.17) is 0 Å². The second-order valence-electron chi connectivity index (χ2n) is 11.9. The standard InChI is InChI=1S/C30H49N/c1-7-9-21-31-29(3,4)22-28(23-30(31,5)6)27-19-17-26(18-20-27)16-15-25-13-11-24(10-8-2)12-14-25/h7,17-20,24-25,28H,1,8-16,21-23H2,2-6H3. The predicted molar refractivity (Wildman–Crippen MR) is 137 cm³/mol. The number of hydrogen-bond acceptors (Lipinski definition) is 1. The molecule has 1 heterocycles. The number of piperidine rings is 1. The van der Waals surface area contributed by atoms with Gasteiger partial charge in [-0.2, -0.15) is 0 Å². The van der Waals surface area contributed by atoms with Crippen LogP contribution >= 0.6 is 0 Å². The van der Waals surface area contributed by atoms with Gasteiger partial charge in [0.1, 0.15) is 0 Å². The Morgan fingerprint density at radius 1 is 0.903 bits per heavy atom. The van der Waals surface area contributed by atoms with Gasteiger partial charge in [-0.3, -0.25) is 4.90 Å². The van der Waals surface area contributed by atoms with Crippen LogP contribution < -0.4 is 0 Å². The van der Waals surface area contributed by atoms with Crippen LogP contribution in [0.1, 0.15) is 116 Å². The average molecular weight is 424 g/mol. The molecule has 0 spiro atoms. The number of benzene rings is 1. The summed E-state index contributed by atoms with van der Waals surface area (Å²) in [5, 5.41) is 0. The molecule has 0 radical (unpaired) electrons. The molecular weight excluding hydrogens is 374 g/mol. The van der Waals surface area contributed by atoms with E-state index in [9.17, 15) is 0 Å². The van der Waals surface area contributed by atoms with E-state index >= 15 is 0 Å². The number of aryl methyl sites for hydroxylation is 1. The minimum atomic E-state index is 0.227. The molecule has 31 heavy (non-hydrogen) atoms. The van der Waals surface area contributed by atoms with E-state index in [1.807, 2.05) is 0 Å². The Bertz CT molecular complexity index is 657. The Morgan fingerprint density at radius 2 is 1.45 bits per heavy atom. The summed E-state index contributed by atoms with van der Waals surface area (Å²) in [4.78, 5) is 2.72. The maximum atomic E-state index is 3.94. The first-order valence-corrected chi connectivity index (χ1v) is 13.2. The average Bonchev–Trinajstić information content (AvgIpc) is 2.72. The quantitative estimate of drug-likeness (QED) is 0.360. The largest absolute Gasteiger partial charge is 0.293 e. The van der Waals surface area contributed by atoms with Crippen molar-refractivity contribution >= 4 is 0 Å². The van der Waals surface area contributed by atoms with Crippen LogP contribution in [0.3, 0.4) is 0 Å². The van der Waals surface area contributed by atoms with E-state index in [0.29, 0.717) is 5.92 Å². The molecule has 1 aliphatic carbocycles. The van der Waals surface area contributed by atoms with E-state index in [-0.39, 0.29) is 11.1 Å². The van der Waals surface area contributed by atoms with Gasteiger partial charge in [0.2, 0.25) is 0 Å². The highest BCUT2D eigenvalue weighted by Crippen LogP contribution is 2.45. The van der Waals surface area contributed by atoms with E-state index in [1.165, 1.54) is 64.2 Å². The predicted octanol–water partition coefficient (Wildman–Crippen LogP) is 8.54. The third-order valence-electron chi connectivity index (χ3n) is 8.47. The van der Waals surface area contributed by atoms with Crippen LogP contribution in [0.4, 0.5) is 0 Å². The van der Waals surface area contributed by atoms with Gasteiger partial charge in [0.05, 0.1) is 0 Å². The van der Waals surface area contributed by atoms with Crippen LogP contribution in [0.5, 0.6) is 0 Å². The third-order valence-corrected chi connectivity index (χ3v) is 8.47. The SMILES string of the molecule is C=CCCN1C(C)(C)CC(c2ccc(CCC3CCC(CCC)CC3)cc2)CC1(C)C. The van der Waals surface area contributed by atoms with Crippen LogP contribution in [-0.2, 0) is 6.42 Å². The molecule has 1 nitrogen and oxygen atoms in total. The molecule has 0 atom stereocenters. The lowest BCUT2D eigenvalue weighted by molar-refractivity contribution is -0.0346. The third kappa shape index (κ3) is 6.47. The molecule has 0 amide bonds. The zero-order valence-corrected chi connectivity index (χ0v) is 21.3. The van der Waals surface area contributed by atoms with Gasteiger partial charge in [-0.1, -0.05) is 75.8 Å². The van der Waals surface area contributed by atoms with E-state index in [1.54, 1.807) is 11.1 Å². The van der Waals surface area contributed by atoms with Crippen molar-refractivity contribution in [2.45, 2.75) is 122 Å². The van der Waals surface area contributed by atoms with Crippen LogP contribution in [0.25, 0.3) is 0 Å². The Morgan fingerprint density at radius 3 is 1.97 bits per heavy atom. The summed E-state index contributed by atoms with van der Waals surface area (Å²) in [6, 6.07) is 9.76. The summed E-state index contributed by atoms with van der Waals surface area (Å²) >= 11 is 0. The molecular formula is C30H49N. The van der Waals surface area contributed by atoms with Crippen molar-refractivity contribution in [3.05, 3.63) is 48.0 Å².